The van der Waals surface area contributed by atoms with E-state index in [-0.39, 0.29) is 5.91 Å². The van der Waals surface area contributed by atoms with Crippen LogP contribution in [0.3, 0.4) is 0 Å². The molecule has 1 aromatic carbocycles. The van der Waals surface area contributed by atoms with Crippen molar-refractivity contribution in [1.29, 1.82) is 0 Å². The van der Waals surface area contributed by atoms with Crippen LogP contribution in [0.5, 0.6) is 0 Å². The summed E-state index contributed by atoms with van der Waals surface area (Å²) in [5.74, 6) is 3.02. The molecule has 0 aliphatic carbocycles. The number of hydrogen-bond donors (Lipinski definition) is 1. The maximum absolute atomic E-state index is 12.5. The lowest BCUT2D eigenvalue weighted by molar-refractivity contribution is 0.102. The maximum Gasteiger partial charge on any atom is 0.255 e. The van der Waals surface area contributed by atoms with Crippen LogP contribution in [0.1, 0.15) is 38.3 Å². The standard InChI is InChI=1S/C21H22N4OS2/c1-14-12-15(2)25(24-14)19-9-8-18(13-22-19)23-20(26)16-4-6-17(7-5-16)21-27-10-3-11-28-21/h4-9,12-13,21H,3,10-11H2,1-2H3,(H,23,26). The minimum absolute atomic E-state index is 0.129. The first-order chi connectivity index (χ1) is 13.6. The predicted octanol–water partition coefficient (Wildman–Crippen LogP) is 5.01. The predicted molar refractivity (Wildman–Crippen MR) is 118 cm³/mol. The molecular formula is C21H22N4OS2. The number of rotatable bonds is 4. The van der Waals surface area contributed by atoms with Crippen molar-refractivity contribution in [2.45, 2.75) is 24.9 Å². The Bertz CT molecular complexity index is 961. The first-order valence-electron chi connectivity index (χ1n) is 9.24. The first kappa shape index (κ1) is 19.1. The van der Waals surface area contributed by atoms with Crippen molar-refractivity contribution >= 4 is 35.1 Å². The molecule has 144 valence electrons. The van der Waals surface area contributed by atoms with Crippen LogP contribution in [0.25, 0.3) is 5.82 Å². The summed E-state index contributed by atoms with van der Waals surface area (Å²) in [6, 6.07) is 13.6. The maximum atomic E-state index is 12.5. The smallest absolute Gasteiger partial charge is 0.255 e. The Labute approximate surface area is 173 Å². The van der Waals surface area contributed by atoms with Crippen LogP contribution in [-0.4, -0.2) is 32.2 Å². The van der Waals surface area contributed by atoms with E-state index >= 15 is 0 Å². The van der Waals surface area contributed by atoms with E-state index in [1.54, 1.807) is 10.9 Å². The van der Waals surface area contributed by atoms with Gasteiger partial charge in [-0.05, 0) is 67.7 Å². The largest absolute Gasteiger partial charge is 0.321 e. The highest BCUT2D eigenvalue weighted by molar-refractivity contribution is 8.16. The molecule has 5 nitrogen and oxygen atoms in total. The van der Waals surface area contributed by atoms with Gasteiger partial charge in [-0.25, -0.2) is 9.67 Å². The highest BCUT2D eigenvalue weighted by Gasteiger charge is 2.17. The fourth-order valence-corrected chi connectivity index (χ4v) is 6.02. The number of thioether (sulfide) groups is 2. The molecule has 0 radical (unpaired) electrons. The average Bonchev–Trinajstić information content (AvgIpc) is 3.07. The van der Waals surface area contributed by atoms with Crippen molar-refractivity contribution < 1.29 is 4.79 Å². The van der Waals surface area contributed by atoms with E-state index in [0.717, 1.165) is 17.2 Å². The molecule has 0 spiro atoms. The molecule has 28 heavy (non-hydrogen) atoms. The number of anilines is 1. The summed E-state index contributed by atoms with van der Waals surface area (Å²) >= 11 is 3.96. The third-order valence-electron chi connectivity index (χ3n) is 4.50. The minimum atomic E-state index is -0.129. The van der Waals surface area contributed by atoms with Crippen LogP contribution in [0.2, 0.25) is 0 Å². The molecular weight excluding hydrogens is 388 g/mol. The average molecular weight is 411 g/mol. The van der Waals surface area contributed by atoms with Crippen molar-refractivity contribution in [1.82, 2.24) is 14.8 Å². The van der Waals surface area contributed by atoms with Crippen molar-refractivity contribution in [3.05, 3.63) is 71.2 Å². The number of nitrogens with one attached hydrogen (secondary N) is 1. The highest BCUT2D eigenvalue weighted by Crippen LogP contribution is 2.43. The summed E-state index contributed by atoms with van der Waals surface area (Å²) in [6.45, 7) is 3.94. The number of hydrogen-bond acceptors (Lipinski definition) is 5. The van der Waals surface area contributed by atoms with Gasteiger partial charge in [-0.3, -0.25) is 4.79 Å². The quantitative estimate of drug-likeness (QED) is 0.655. The molecule has 1 N–H and O–H groups in total. The van der Waals surface area contributed by atoms with Gasteiger partial charge in [-0.15, -0.1) is 23.5 Å². The molecule has 7 heteroatoms. The molecule has 0 unspecified atom stereocenters. The van der Waals surface area contributed by atoms with Gasteiger partial charge in [0.2, 0.25) is 0 Å². The van der Waals surface area contributed by atoms with Crippen LogP contribution in [-0.2, 0) is 0 Å². The second-order valence-electron chi connectivity index (χ2n) is 6.75. The lowest BCUT2D eigenvalue weighted by atomic mass is 10.1. The second kappa shape index (κ2) is 8.41. The summed E-state index contributed by atoms with van der Waals surface area (Å²) in [6.07, 6.45) is 2.94. The third-order valence-corrected chi connectivity index (χ3v) is 7.52. The summed E-state index contributed by atoms with van der Waals surface area (Å²) in [7, 11) is 0. The van der Waals surface area contributed by atoms with Gasteiger partial charge < -0.3 is 5.32 Å². The van der Waals surface area contributed by atoms with Gasteiger partial charge in [0.25, 0.3) is 5.91 Å². The Morgan fingerprint density at radius 3 is 2.46 bits per heavy atom. The van der Waals surface area contributed by atoms with E-state index in [4.69, 9.17) is 0 Å². The molecule has 0 bridgehead atoms. The molecule has 4 rings (SSSR count). The van der Waals surface area contributed by atoms with Gasteiger partial charge in [0, 0.05) is 11.3 Å². The molecule has 3 aromatic rings. The monoisotopic (exact) mass is 410 g/mol. The molecule has 1 amide bonds. The lowest BCUT2D eigenvalue weighted by Gasteiger charge is -2.21. The topological polar surface area (TPSA) is 59.8 Å². The Hall–Kier alpha value is -2.25. The summed E-state index contributed by atoms with van der Waals surface area (Å²) in [5, 5.41) is 7.34. The SMILES string of the molecule is Cc1cc(C)n(-c2ccc(NC(=O)c3ccc(C4SCCCS4)cc3)cn2)n1. The van der Waals surface area contributed by atoms with Gasteiger partial charge in [-0.1, -0.05) is 12.1 Å². The number of pyridine rings is 1. The van der Waals surface area contributed by atoms with Gasteiger partial charge in [0.1, 0.15) is 0 Å². The zero-order chi connectivity index (χ0) is 19.5. The van der Waals surface area contributed by atoms with Gasteiger partial charge in [0.05, 0.1) is 22.2 Å². The summed E-state index contributed by atoms with van der Waals surface area (Å²) in [5.41, 5.74) is 4.57. The molecule has 2 aromatic heterocycles. The fourth-order valence-electron chi connectivity index (χ4n) is 3.12. The Morgan fingerprint density at radius 2 is 1.86 bits per heavy atom. The molecule has 1 aliphatic heterocycles. The zero-order valence-electron chi connectivity index (χ0n) is 15.9. The first-order valence-corrected chi connectivity index (χ1v) is 11.3. The number of carbonyl (C=O) groups is 1. The fraction of sp³-hybridized carbons (Fsp3) is 0.286. The summed E-state index contributed by atoms with van der Waals surface area (Å²) < 4.78 is 2.28. The minimum Gasteiger partial charge on any atom is -0.321 e. The number of benzene rings is 1. The van der Waals surface area contributed by atoms with Crippen LogP contribution in [0, 0.1) is 13.8 Å². The van der Waals surface area contributed by atoms with Crippen molar-refractivity contribution in [3.63, 3.8) is 0 Å². The number of aryl methyl sites for hydroxylation is 2. The highest BCUT2D eigenvalue weighted by atomic mass is 32.2. The Balaban J connectivity index is 1.42. The van der Waals surface area contributed by atoms with Crippen molar-refractivity contribution in [2.24, 2.45) is 0 Å². The van der Waals surface area contributed by atoms with Gasteiger partial charge in [-0.2, -0.15) is 5.10 Å². The molecule has 3 heterocycles. The van der Waals surface area contributed by atoms with Crippen LogP contribution in [0.15, 0.2) is 48.7 Å². The number of amides is 1. The van der Waals surface area contributed by atoms with Gasteiger partial charge >= 0.3 is 0 Å². The number of carbonyl (C=O) groups excluding carboxylic acids is 1. The Morgan fingerprint density at radius 1 is 1.11 bits per heavy atom. The molecule has 1 saturated heterocycles. The molecule has 0 saturated carbocycles. The number of aromatic nitrogens is 3. The molecule has 1 aliphatic rings. The lowest BCUT2D eigenvalue weighted by Crippen LogP contribution is -2.12. The van der Waals surface area contributed by atoms with E-state index in [9.17, 15) is 4.79 Å². The van der Waals surface area contributed by atoms with Gasteiger partial charge in [0.15, 0.2) is 5.82 Å². The van der Waals surface area contributed by atoms with E-state index in [1.165, 1.54) is 23.5 Å². The van der Waals surface area contributed by atoms with E-state index in [0.29, 0.717) is 15.8 Å². The van der Waals surface area contributed by atoms with Crippen LogP contribution in [0.4, 0.5) is 5.69 Å². The van der Waals surface area contributed by atoms with Crippen molar-refractivity contribution in [3.8, 4) is 5.82 Å². The third kappa shape index (κ3) is 4.25. The normalized spacial score (nSPS) is 14.8. The van der Waals surface area contributed by atoms with E-state index < -0.39 is 0 Å². The van der Waals surface area contributed by atoms with Crippen LogP contribution < -0.4 is 5.32 Å². The zero-order valence-corrected chi connectivity index (χ0v) is 17.5. The van der Waals surface area contributed by atoms with Crippen LogP contribution >= 0.6 is 23.5 Å². The summed E-state index contributed by atoms with van der Waals surface area (Å²) in [4.78, 5) is 17.0. The Kier molecular flexibility index (Phi) is 5.73. The number of nitrogens with zero attached hydrogens (tertiary/aromatic N) is 3. The van der Waals surface area contributed by atoms with Crippen molar-refractivity contribution in [2.75, 3.05) is 16.8 Å². The molecule has 1 fully saturated rings. The molecule has 0 atom stereocenters. The van der Waals surface area contributed by atoms with E-state index in [2.05, 4.69) is 27.5 Å². The second-order valence-corrected chi connectivity index (χ2v) is 9.47. The van der Waals surface area contributed by atoms with E-state index in [1.807, 2.05) is 67.7 Å².